The lowest BCUT2D eigenvalue weighted by Crippen LogP contribution is -2.39. The molecule has 2 heterocycles. The Labute approximate surface area is 100 Å². The first-order chi connectivity index (χ1) is 7.83. The molecule has 0 atom stereocenters. The molecule has 0 bridgehead atoms. The molecule has 16 heavy (non-hydrogen) atoms. The highest BCUT2D eigenvalue weighted by atomic mass is 32.2. The first-order valence-corrected chi connectivity index (χ1v) is 6.56. The molecule has 2 aliphatic heterocycles. The van der Waals surface area contributed by atoms with Crippen molar-refractivity contribution < 1.29 is 0 Å². The first-order valence-electron chi connectivity index (χ1n) is 5.75. The Kier molecular flexibility index (Phi) is 2.42. The van der Waals surface area contributed by atoms with Crippen molar-refractivity contribution in [1.82, 2.24) is 5.32 Å². The van der Waals surface area contributed by atoms with Gasteiger partial charge in [-0.1, -0.05) is 12.1 Å². The largest absolute Gasteiger partial charge is 0.317 e. The third-order valence-electron chi connectivity index (χ3n) is 3.56. The first kappa shape index (κ1) is 10.2. The second-order valence-corrected chi connectivity index (χ2v) is 6.10. The fourth-order valence-corrected chi connectivity index (χ4v) is 4.26. The van der Waals surface area contributed by atoms with Gasteiger partial charge >= 0.3 is 0 Å². The molecule has 1 aromatic carbocycles. The summed E-state index contributed by atoms with van der Waals surface area (Å²) in [6.45, 7) is 2.23. The average molecular weight is 230 g/mol. The van der Waals surface area contributed by atoms with Crippen LogP contribution in [0, 0.1) is 11.3 Å². The molecule has 0 saturated carbocycles. The average Bonchev–Trinajstić information content (AvgIpc) is 2.67. The van der Waals surface area contributed by atoms with E-state index in [0.717, 1.165) is 25.1 Å². The van der Waals surface area contributed by atoms with Crippen LogP contribution in [0.5, 0.6) is 0 Å². The molecule has 82 valence electrons. The number of thioether (sulfide) groups is 1. The molecule has 1 N–H and O–H groups in total. The number of rotatable bonds is 0. The Balaban J connectivity index is 1.97. The predicted molar refractivity (Wildman–Crippen MR) is 65.6 cm³/mol. The zero-order valence-electron chi connectivity index (χ0n) is 9.12. The van der Waals surface area contributed by atoms with Gasteiger partial charge in [0.25, 0.3) is 0 Å². The number of benzene rings is 1. The molecule has 2 aliphatic rings. The topological polar surface area (TPSA) is 35.8 Å². The lowest BCUT2D eigenvalue weighted by atomic mass is 9.90. The van der Waals surface area contributed by atoms with Crippen LogP contribution >= 0.6 is 11.8 Å². The molecule has 1 fully saturated rings. The molecule has 3 rings (SSSR count). The van der Waals surface area contributed by atoms with E-state index in [1.165, 1.54) is 23.3 Å². The molecular weight excluding hydrogens is 216 g/mol. The van der Waals surface area contributed by atoms with Crippen LogP contribution in [-0.2, 0) is 6.42 Å². The molecular formula is C13H14N2S. The third-order valence-corrected chi connectivity index (χ3v) is 5.23. The Bertz CT molecular complexity index is 455. The Morgan fingerprint density at radius 1 is 1.31 bits per heavy atom. The maximum Gasteiger partial charge on any atom is 0.100 e. The van der Waals surface area contributed by atoms with Gasteiger partial charge in [0.2, 0.25) is 0 Å². The van der Waals surface area contributed by atoms with Crippen molar-refractivity contribution in [3.63, 3.8) is 0 Å². The van der Waals surface area contributed by atoms with Crippen LogP contribution in [-0.4, -0.2) is 17.8 Å². The van der Waals surface area contributed by atoms with Gasteiger partial charge in [-0.2, -0.15) is 5.26 Å². The zero-order valence-corrected chi connectivity index (χ0v) is 9.94. The molecule has 1 saturated heterocycles. The fourth-order valence-electron chi connectivity index (χ4n) is 2.69. The van der Waals surface area contributed by atoms with Crippen molar-refractivity contribution in [3.8, 4) is 6.07 Å². The Morgan fingerprint density at radius 2 is 2.12 bits per heavy atom. The van der Waals surface area contributed by atoms with Gasteiger partial charge in [0.05, 0.1) is 5.56 Å². The van der Waals surface area contributed by atoms with Gasteiger partial charge in [-0.25, -0.2) is 0 Å². The monoisotopic (exact) mass is 230 g/mol. The van der Waals surface area contributed by atoms with Gasteiger partial charge in [0.1, 0.15) is 6.07 Å². The molecule has 1 aromatic rings. The highest BCUT2D eigenvalue weighted by Gasteiger charge is 2.39. The van der Waals surface area contributed by atoms with Crippen LogP contribution in [0.4, 0.5) is 0 Å². The van der Waals surface area contributed by atoms with Gasteiger partial charge in [-0.05, 0) is 44.0 Å². The van der Waals surface area contributed by atoms with E-state index in [1.54, 1.807) is 0 Å². The van der Waals surface area contributed by atoms with Crippen molar-refractivity contribution in [2.75, 3.05) is 13.1 Å². The second-order valence-electron chi connectivity index (χ2n) is 4.62. The zero-order chi connectivity index (χ0) is 11.0. The molecule has 1 spiro atoms. The summed E-state index contributed by atoms with van der Waals surface area (Å²) in [5, 5.41) is 12.5. The Morgan fingerprint density at radius 3 is 2.88 bits per heavy atom. The van der Waals surface area contributed by atoms with Crippen LogP contribution in [0.1, 0.15) is 24.0 Å². The number of piperidine rings is 1. The number of nitriles is 1. The van der Waals surface area contributed by atoms with Crippen molar-refractivity contribution in [2.45, 2.75) is 28.9 Å². The van der Waals surface area contributed by atoms with E-state index >= 15 is 0 Å². The van der Waals surface area contributed by atoms with Crippen LogP contribution in [0.2, 0.25) is 0 Å². The standard InChI is InChI=1S/C13H14N2S/c14-9-11-3-1-2-10-8-13(16-12(10)11)4-6-15-7-5-13/h1-3,15H,4-8H2. The number of fused-ring (bicyclic) bond motifs is 1. The number of hydrogen-bond donors (Lipinski definition) is 1. The minimum absolute atomic E-state index is 0.376. The highest BCUT2D eigenvalue weighted by Crippen LogP contribution is 2.50. The van der Waals surface area contributed by atoms with Gasteiger partial charge in [-0.15, -0.1) is 11.8 Å². The molecule has 2 nitrogen and oxygen atoms in total. The van der Waals surface area contributed by atoms with E-state index in [4.69, 9.17) is 5.26 Å². The maximum absolute atomic E-state index is 9.11. The Hall–Kier alpha value is -0.980. The van der Waals surface area contributed by atoms with E-state index in [2.05, 4.69) is 17.5 Å². The summed E-state index contributed by atoms with van der Waals surface area (Å²) in [4.78, 5) is 1.24. The number of nitrogens with zero attached hydrogens (tertiary/aromatic N) is 1. The van der Waals surface area contributed by atoms with Crippen molar-refractivity contribution in [1.29, 1.82) is 5.26 Å². The summed E-state index contributed by atoms with van der Waals surface area (Å²) >= 11 is 1.95. The normalized spacial score (nSPS) is 21.7. The quantitative estimate of drug-likeness (QED) is 0.743. The summed E-state index contributed by atoms with van der Waals surface area (Å²) in [5.74, 6) is 0. The van der Waals surface area contributed by atoms with Crippen LogP contribution in [0.25, 0.3) is 0 Å². The van der Waals surface area contributed by atoms with Crippen molar-refractivity contribution >= 4 is 11.8 Å². The molecule has 3 heteroatoms. The molecule has 0 unspecified atom stereocenters. The lowest BCUT2D eigenvalue weighted by Gasteiger charge is -2.32. The van der Waals surface area contributed by atoms with E-state index in [1.807, 2.05) is 23.9 Å². The fraction of sp³-hybridized carbons (Fsp3) is 0.462. The number of hydrogen-bond acceptors (Lipinski definition) is 3. The van der Waals surface area contributed by atoms with Gasteiger partial charge in [0.15, 0.2) is 0 Å². The van der Waals surface area contributed by atoms with E-state index < -0.39 is 0 Å². The molecule has 0 aromatic heterocycles. The summed E-state index contributed by atoms with van der Waals surface area (Å²) in [5.41, 5.74) is 2.24. The van der Waals surface area contributed by atoms with Crippen LogP contribution in [0.3, 0.4) is 0 Å². The van der Waals surface area contributed by atoms with Gasteiger partial charge < -0.3 is 5.32 Å². The number of nitrogens with one attached hydrogen (secondary N) is 1. The van der Waals surface area contributed by atoms with Crippen LogP contribution < -0.4 is 5.32 Å². The molecule has 0 amide bonds. The van der Waals surface area contributed by atoms with Gasteiger partial charge in [0, 0.05) is 9.64 Å². The molecule has 0 aliphatic carbocycles. The lowest BCUT2D eigenvalue weighted by molar-refractivity contribution is 0.417. The second kappa shape index (κ2) is 3.80. The minimum atomic E-state index is 0.376. The maximum atomic E-state index is 9.11. The smallest absolute Gasteiger partial charge is 0.100 e. The molecule has 0 radical (unpaired) electrons. The predicted octanol–water partition coefficient (Wildman–Crippen LogP) is 2.33. The van der Waals surface area contributed by atoms with Crippen molar-refractivity contribution in [2.24, 2.45) is 0 Å². The summed E-state index contributed by atoms with van der Waals surface area (Å²) in [6, 6.07) is 8.44. The summed E-state index contributed by atoms with van der Waals surface area (Å²) in [7, 11) is 0. The van der Waals surface area contributed by atoms with E-state index in [0.29, 0.717) is 4.75 Å². The van der Waals surface area contributed by atoms with Crippen LogP contribution in [0.15, 0.2) is 23.1 Å². The van der Waals surface area contributed by atoms with Gasteiger partial charge in [-0.3, -0.25) is 0 Å². The van der Waals surface area contributed by atoms with E-state index in [-0.39, 0.29) is 0 Å². The van der Waals surface area contributed by atoms with E-state index in [9.17, 15) is 0 Å². The third kappa shape index (κ3) is 1.53. The summed E-state index contributed by atoms with van der Waals surface area (Å²) in [6.07, 6.45) is 3.58. The minimum Gasteiger partial charge on any atom is -0.317 e. The highest BCUT2D eigenvalue weighted by molar-refractivity contribution is 8.01. The van der Waals surface area contributed by atoms with Crippen molar-refractivity contribution in [3.05, 3.63) is 29.3 Å². The summed E-state index contributed by atoms with van der Waals surface area (Å²) < 4.78 is 0.376. The SMILES string of the molecule is N#Cc1cccc2c1SC1(CCNCC1)C2.